The Hall–Kier alpha value is -1.57. The molecule has 1 aromatic carbocycles. The fourth-order valence-electron chi connectivity index (χ4n) is 3.47. The Morgan fingerprint density at radius 2 is 2.00 bits per heavy atom. The molecule has 1 aliphatic carbocycles. The second-order valence-electron chi connectivity index (χ2n) is 7.29. The third-order valence-corrected chi connectivity index (χ3v) is 5.48. The second kappa shape index (κ2) is 8.69. The predicted octanol–water partition coefficient (Wildman–Crippen LogP) is 4.24. The topological polar surface area (TPSA) is 47.3 Å². The fraction of sp³-hybridized carbons (Fsp3) is 0.600. The van der Waals surface area contributed by atoms with Crippen LogP contribution in [0, 0.1) is 11.3 Å². The van der Waals surface area contributed by atoms with Crippen LogP contribution in [-0.4, -0.2) is 40.9 Å². The van der Waals surface area contributed by atoms with Crippen molar-refractivity contribution in [2.45, 2.75) is 64.1 Å². The summed E-state index contributed by atoms with van der Waals surface area (Å²) in [7, 11) is 1.79. The lowest BCUT2D eigenvalue weighted by molar-refractivity contribution is -0.136. The van der Waals surface area contributed by atoms with Gasteiger partial charge in [-0.2, -0.15) is 5.26 Å². The van der Waals surface area contributed by atoms with Crippen molar-refractivity contribution in [2.75, 3.05) is 13.6 Å². The Labute approximate surface area is 156 Å². The lowest BCUT2D eigenvalue weighted by atomic mass is 9.81. The average Bonchev–Trinajstić information content (AvgIpc) is 2.61. The second-order valence-corrected chi connectivity index (χ2v) is 7.72. The van der Waals surface area contributed by atoms with Gasteiger partial charge < -0.3 is 4.90 Å². The molecule has 0 aromatic heterocycles. The van der Waals surface area contributed by atoms with E-state index in [-0.39, 0.29) is 11.9 Å². The molecule has 1 aliphatic rings. The van der Waals surface area contributed by atoms with Crippen LogP contribution in [0.4, 0.5) is 0 Å². The number of carbonyl (C=O) groups is 1. The van der Waals surface area contributed by atoms with Gasteiger partial charge in [0.05, 0.1) is 12.6 Å². The number of hydrogen-bond acceptors (Lipinski definition) is 3. The van der Waals surface area contributed by atoms with Gasteiger partial charge in [0.25, 0.3) is 0 Å². The van der Waals surface area contributed by atoms with Gasteiger partial charge in [0.15, 0.2) is 0 Å². The van der Waals surface area contributed by atoms with E-state index in [1.54, 1.807) is 11.9 Å². The van der Waals surface area contributed by atoms with E-state index < -0.39 is 5.54 Å². The van der Waals surface area contributed by atoms with Crippen LogP contribution in [0.5, 0.6) is 0 Å². The molecule has 0 aliphatic heterocycles. The van der Waals surface area contributed by atoms with E-state index in [0.29, 0.717) is 18.1 Å². The maximum atomic E-state index is 12.9. The number of carbonyl (C=O) groups excluding carboxylic acids is 1. The standard InChI is InChI=1S/C20H28ClN3O/c1-16(2)24(13-17-8-7-9-18(21)12-17)14-19(25)23(3)20(15-22)10-5-4-6-11-20/h7-9,12,16H,4-6,10-11,13-14H2,1-3H3. The first-order valence-corrected chi connectivity index (χ1v) is 9.42. The van der Waals surface area contributed by atoms with Gasteiger partial charge in [0.1, 0.15) is 5.54 Å². The maximum absolute atomic E-state index is 12.9. The molecular formula is C20H28ClN3O. The van der Waals surface area contributed by atoms with Crippen molar-refractivity contribution in [3.8, 4) is 6.07 Å². The fourth-order valence-corrected chi connectivity index (χ4v) is 3.68. The third-order valence-electron chi connectivity index (χ3n) is 5.25. The minimum atomic E-state index is -0.631. The van der Waals surface area contributed by atoms with Gasteiger partial charge in [-0.3, -0.25) is 9.69 Å². The minimum absolute atomic E-state index is 0.0131. The lowest BCUT2D eigenvalue weighted by Crippen LogP contribution is -2.53. The summed E-state index contributed by atoms with van der Waals surface area (Å²) < 4.78 is 0. The van der Waals surface area contributed by atoms with Crippen LogP contribution in [-0.2, 0) is 11.3 Å². The van der Waals surface area contributed by atoms with Crippen LogP contribution < -0.4 is 0 Å². The van der Waals surface area contributed by atoms with Crippen molar-refractivity contribution in [3.05, 3.63) is 34.9 Å². The summed E-state index contributed by atoms with van der Waals surface area (Å²) in [5.74, 6) is 0.0131. The highest BCUT2D eigenvalue weighted by Gasteiger charge is 2.39. The largest absolute Gasteiger partial charge is 0.326 e. The molecule has 0 bridgehead atoms. The van der Waals surface area contributed by atoms with E-state index in [4.69, 9.17) is 11.6 Å². The van der Waals surface area contributed by atoms with E-state index >= 15 is 0 Å². The van der Waals surface area contributed by atoms with Crippen molar-refractivity contribution < 1.29 is 4.79 Å². The number of benzene rings is 1. The number of nitriles is 1. The van der Waals surface area contributed by atoms with Crippen molar-refractivity contribution in [2.24, 2.45) is 0 Å². The Bertz CT molecular complexity index is 632. The summed E-state index contributed by atoms with van der Waals surface area (Å²) >= 11 is 6.07. The van der Waals surface area contributed by atoms with Crippen LogP contribution in [0.25, 0.3) is 0 Å². The summed E-state index contributed by atoms with van der Waals surface area (Å²) in [6, 6.07) is 10.4. The van der Waals surface area contributed by atoms with Crippen LogP contribution in [0.2, 0.25) is 5.02 Å². The molecule has 0 radical (unpaired) electrons. The quantitative estimate of drug-likeness (QED) is 0.761. The zero-order valence-electron chi connectivity index (χ0n) is 15.5. The van der Waals surface area contributed by atoms with Crippen LogP contribution in [0.15, 0.2) is 24.3 Å². The minimum Gasteiger partial charge on any atom is -0.326 e. The lowest BCUT2D eigenvalue weighted by Gasteiger charge is -2.40. The Kier molecular flexibility index (Phi) is 6.87. The highest BCUT2D eigenvalue weighted by molar-refractivity contribution is 6.30. The Morgan fingerprint density at radius 1 is 1.32 bits per heavy atom. The van der Waals surface area contributed by atoms with Gasteiger partial charge in [-0.25, -0.2) is 0 Å². The molecule has 136 valence electrons. The normalized spacial score (nSPS) is 16.7. The Morgan fingerprint density at radius 3 is 2.56 bits per heavy atom. The van der Waals surface area contributed by atoms with Gasteiger partial charge in [-0.1, -0.05) is 43.0 Å². The van der Waals surface area contributed by atoms with Crippen LogP contribution >= 0.6 is 11.6 Å². The van der Waals surface area contributed by atoms with Crippen molar-refractivity contribution in [1.29, 1.82) is 5.26 Å². The number of amides is 1. The van der Waals surface area contributed by atoms with Crippen LogP contribution in [0.1, 0.15) is 51.5 Å². The van der Waals surface area contributed by atoms with E-state index in [1.807, 2.05) is 24.3 Å². The predicted molar refractivity (Wildman–Crippen MR) is 101 cm³/mol. The third kappa shape index (κ3) is 4.96. The number of nitrogens with zero attached hydrogens (tertiary/aromatic N) is 3. The molecule has 1 amide bonds. The zero-order chi connectivity index (χ0) is 18.4. The molecule has 0 N–H and O–H groups in total. The first kappa shape index (κ1) is 19.8. The molecule has 5 heteroatoms. The Balaban J connectivity index is 2.08. The smallest absolute Gasteiger partial charge is 0.237 e. The molecule has 0 heterocycles. The first-order chi connectivity index (χ1) is 11.9. The zero-order valence-corrected chi connectivity index (χ0v) is 16.2. The summed E-state index contributed by atoms with van der Waals surface area (Å²) in [5, 5.41) is 10.4. The van der Waals surface area contributed by atoms with Gasteiger partial charge >= 0.3 is 0 Å². The highest BCUT2D eigenvalue weighted by atomic mass is 35.5. The summed E-state index contributed by atoms with van der Waals surface area (Å²) in [4.78, 5) is 16.7. The molecule has 0 saturated heterocycles. The number of hydrogen-bond donors (Lipinski definition) is 0. The molecule has 1 saturated carbocycles. The molecule has 4 nitrogen and oxygen atoms in total. The summed E-state index contributed by atoms with van der Waals surface area (Å²) in [5.41, 5.74) is 0.456. The SMILES string of the molecule is CC(C)N(CC(=O)N(C)C1(C#N)CCCCC1)Cc1cccc(Cl)c1. The monoisotopic (exact) mass is 361 g/mol. The maximum Gasteiger partial charge on any atom is 0.237 e. The van der Waals surface area contributed by atoms with Gasteiger partial charge in [-0.15, -0.1) is 0 Å². The molecule has 1 aromatic rings. The average molecular weight is 362 g/mol. The van der Waals surface area contributed by atoms with Gasteiger partial charge in [0.2, 0.25) is 5.91 Å². The molecule has 0 atom stereocenters. The van der Waals surface area contributed by atoms with Crippen molar-refractivity contribution in [1.82, 2.24) is 9.80 Å². The van der Waals surface area contributed by atoms with E-state index in [2.05, 4.69) is 24.8 Å². The number of likely N-dealkylation sites (N-methyl/N-ethyl adjacent to an activating group) is 1. The molecule has 1 fully saturated rings. The number of rotatable bonds is 6. The summed E-state index contributed by atoms with van der Waals surface area (Å²) in [6.45, 7) is 5.14. The van der Waals surface area contributed by atoms with E-state index in [9.17, 15) is 10.1 Å². The summed E-state index contributed by atoms with van der Waals surface area (Å²) in [6.07, 6.45) is 4.74. The van der Waals surface area contributed by atoms with Crippen molar-refractivity contribution in [3.63, 3.8) is 0 Å². The molecule has 0 spiro atoms. The first-order valence-electron chi connectivity index (χ1n) is 9.04. The van der Waals surface area contributed by atoms with Crippen LogP contribution in [0.3, 0.4) is 0 Å². The number of halogens is 1. The van der Waals surface area contributed by atoms with Gasteiger partial charge in [0, 0.05) is 24.7 Å². The molecular weight excluding hydrogens is 334 g/mol. The van der Waals surface area contributed by atoms with Crippen molar-refractivity contribution >= 4 is 17.5 Å². The van der Waals surface area contributed by atoms with E-state index in [0.717, 1.165) is 37.7 Å². The molecule has 25 heavy (non-hydrogen) atoms. The molecule has 2 rings (SSSR count). The van der Waals surface area contributed by atoms with Gasteiger partial charge in [-0.05, 0) is 44.4 Å². The van der Waals surface area contributed by atoms with E-state index in [1.165, 1.54) is 0 Å². The highest BCUT2D eigenvalue weighted by Crippen LogP contribution is 2.32. The molecule has 0 unspecified atom stereocenters.